The molecule has 15 heavy (non-hydrogen) atoms. The molecule has 1 aromatic rings. The summed E-state index contributed by atoms with van der Waals surface area (Å²) in [6, 6.07) is 10.2. The summed E-state index contributed by atoms with van der Waals surface area (Å²) in [5.41, 5.74) is 1.21. The van der Waals surface area contributed by atoms with Crippen LogP contribution in [0.15, 0.2) is 41.4 Å². The maximum absolute atomic E-state index is 4.01. The summed E-state index contributed by atoms with van der Waals surface area (Å²) in [7, 11) is 3.59. The first kappa shape index (κ1) is 11.3. The number of hydrogen-bond acceptors (Lipinski definition) is 1. The second-order valence-corrected chi connectivity index (χ2v) is 3.02. The second kappa shape index (κ2) is 6.65. The minimum atomic E-state index is 0.766. The molecule has 0 radical (unpaired) electrons. The minimum Gasteiger partial charge on any atom is -0.359 e. The Labute approximate surface area is 90.9 Å². The van der Waals surface area contributed by atoms with Crippen molar-refractivity contribution in [3.05, 3.63) is 42.0 Å². The standard InChI is InChI=1S/C12H17N3/c1-13-12(14-2)15-10-6-9-11-7-4-3-5-8-11/h3-9H,10H2,1-2H3,(H2,13,14,15). The molecule has 0 aliphatic carbocycles. The molecule has 1 aromatic carbocycles. The van der Waals surface area contributed by atoms with Gasteiger partial charge in [-0.3, -0.25) is 4.99 Å². The number of nitrogens with zero attached hydrogens (tertiary/aromatic N) is 1. The molecule has 0 amide bonds. The fraction of sp³-hybridized carbons (Fsp3) is 0.250. The van der Waals surface area contributed by atoms with Crippen molar-refractivity contribution < 1.29 is 0 Å². The highest BCUT2D eigenvalue weighted by atomic mass is 15.1. The highest BCUT2D eigenvalue weighted by Crippen LogP contribution is 1.99. The average molecular weight is 203 g/mol. The van der Waals surface area contributed by atoms with Crippen LogP contribution >= 0.6 is 0 Å². The molecule has 3 nitrogen and oxygen atoms in total. The SMILES string of the molecule is CN=C(NC)NCC=Cc1ccccc1. The first-order valence-electron chi connectivity index (χ1n) is 4.97. The fourth-order valence-corrected chi connectivity index (χ4v) is 1.19. The van der Waals surface area contributed by atoms with Gasteiger partial charge in [0.2, 0.25) is 0 Å². The maximum atomic E-state index is 4.01. The van der Waals surface area contributed by atoms with Crippen molar-refractivity contribution in [3.63, 3.8) is 0 Å². The smallest absolute Gasteiger partial charge is 0.190 e. The monoisotopic (exact) mass is 203 g/mol. The van der Waals surface area contributed by atoms with Crippen LogP contribution in [-0.4, -0.2) is 26.6 Å². The zero-order chi connectivity index (χ0) is 10.9. The number of nitrogens with one attached hydrogen (secondary N) is 2. The Morgan fingerprint density at radius 2 is 2.07 bits per heavy atom. The summed E-state index contributed by atoms with van der Waals surface area (Å²) in [5.74, 6) is 0.799. The lowest BCUT2D eigenvalue weighted by Gasteiger charge is -2.04. The predicted octanol–water partition coefficient (Wildman–Crippen LogP) is 1.49. The van der Waals surface area contributed by atoms with Crippen molar-refractivity contribution >= 4 is 12.0 Å². The lowest BCUT2D eigenvalue weighted by atomic mass is 10.2. The molecular weight excluding hydrogens is 186 g/mol. The van der Waals surface area contributed by atoms with E-state index < -0.39 is 0 Å². The largest absolute Gasteiger partial charge is 0.359 e. The first-order valence-corrected chi connectivity index (χ1v) is 4.97. The normalized spacial score (nSPS) is 11.7. The minimum absolute atomic E-state index is 0.766. The molecule has 0 aliphatic heterocycles. The van der Waals surface area contributed by atoms with E-state index in [4.69, 9.17) is 0 Å². The Morgan fingerprint density at radius 1 is 1.33 bits per heavy atom. The van der Waals surface area contributed by atoms with Crippen LogP contribution in [0.5, 0.6) is 0 Å². The Kier molecular flexibility index (Phi) is 5.01. The summed E-state index contributed by atoms with van der Waals surface area (Å²) in [4.78, 5) is 4.01. The Balaban J connectivity index is 2.35. The molecule has 0 atom stereocenters. The van der Waals surface area contributed by atoms with E-state index in [2.05, 4.69) is 39.9 Å². The van der Waals surface area contributed by atoms with E-state index in [0.717, 1.165) is 12.5 Å². The zero-order valence-corrected chi connectivity index (χ0v) is 9.20. The lowest BCUT2D eigenvalue weighted by Crippen LogP contribution is -2.34. The summed E-state index contributed by atoms with van der Waals surface area (Å²) in [6.45, 7) is 0.766. The molecule has 0 bridgehead atoms. The van der Waals surface area contributed by atoms with Crippen LogP contribution in [0.4, 0.5) is 0 Å². The van der Waals surface area contributed by atoms with Crippen LogP contribution in [-0.2, 0) is 0 Å². The van der Waals surface area contributed by atoms with Gasteiger partial charge in [0.15, 0.2) is 5.96 Å². The molecule has 0 saturated heterocycles. The van der Waals surface area contributed by atoms with Gasteiger partial charge in [-0.2, -0.15) is 0 Å². The highest BCUT2D eigenvalue weighted by molar-refractivity contribution is 5.79. The molecule has 3 heteroatoms. The molecule has 0 saturated carbocycles. The Morgan fingerprint density at radius 3 is 2.67 bits per heavy atom. The van der Waals surface area contributed by atoms with Gasteiger partial charge >= 0.3 is 0 Å². The van der Waals surface area contributed by atoms with E-state index in [1.54, 1.807) is 7.05 Å². The number of hydrogen-bond donors (Lipinski definition) is 2. The number of rotatable bonds is 3. The van der Waals surface area contributed by atoms with Gasteiger partial charge in [-0.15, -0.1) is 0 Å². The summed E-state index contributed by atoms with van der Waals surface area (Å²) >= 11 is 0. The van der Waals surface area contributed by atoms with Gasteiger partial charge in [0, 0.05) is 20.6 Å². The number of guanidine groups is 1. The zero-order valence-electron chi connectivity index (χ0n) is 9.20. The van der Waals surface area contributed by atoms with E-state index in [9.17, 15) is 0 Å². The number of benzene rings is 1. The van der Waals surface area contributed by atoms with Crippen molar-refractivity contribution in [2.24, 2.45) is 4.99 Å². The molecule has 80 valence electrons. The predicted molar refractivity (Wildman–Crippen MR) is 65.9 cm³/mol. The number of aliphatic imine (C=N–C) groups is 1. The van der Waals surface area contributed by atoms with Gasteiger partial charge in [0.25, 0.3) is 0 Å². The fourth-order valence-electron chi connectivity index (χ4n) is 1.19. The van der Waals surface area contributed by atoms with E-state index in [-0.39, 0.29) is 0 Å². The maximum Gasteiger partial charge on any atom is 0.190 e. The van der Waals surface area contributed by atoms with Crippen molar-refractivity contribution in [1.82, 2.24) is 10.6 Å². The topological polar surface area (TPSA) is 36.4 Å². The van der Waals surface area contributed by atoms with Gasteiger partial charge in [-0.1, -0.05) is 42.5 Å². The average Bonchev–Trinajstić information content (AvgIpc) is 2.31. The van der Waals surface area contributed by atoms with E-state index in [1.807, 2.05) is 25.2 Å². The molecule has 0 heterocycles. The van der Waals surface area contributed by atoms with Crippen LogP contribution in [0, 0.1) is 0 Å². The van der Waals surface area contributed by atoms with Gasteiger partial charge in [-0.25, -0.2) is 0 Å². The highest BCUT2D eigenvalue weighted by Gasteiger charge is 1.88. The van der Waals surface area contributed by atoms with E-state index >= 15 is 0 Å². The Hall–Kier alpha value is -1.77. The molecular formula is C12H17N3. The summed E-state index contributed by atoms with van der Waals surface area (Å²) < 4.78 is 0. The van der Waals surface area contributed by atoms with Crippen molar-refractivity contribution in [3.8, 4) is 0 Å². The molecule has 1 rings (SSSR count). The van der Waals surface area contributed by atoms with E-state index in [1.165, 1.54) is 5.56 Å². The van der Waals surface area contributed by atoms with Crippen LogP contribution in [0.3, 0.4) is 0 Å². The van der Waals surface area contributed by atoms with Gasteiger partial charge < -0.3 is 10.6 Å². The van der Waals surface area contributed by atoms with Gasteiger partial charge in [-0.05, 0) is 5.56 Å². The quantitative estimate of drug-likeness (QED) is 0.577. The summed E-state index contributed by atoms with van der Waals surface area (Å²) in [5, 5.41) is 6.10. The third-order valence-corrected chi connectivity index (χ3v) is 1.96. The molecule has 0 spiro atoms. The van der Waals surface area contributed by atoms with Crippen molar-refractivity contribution in [2.45, 2.75) is 0 Å². The van der Waals surface area contributed by atoms with Crippen molar-refractivity contribution in [1.29, 1.82) is 0 Å². The van der Waals surface area contributed by atoms with E-state index in [0.29, 0.717) is 0 Å². The first-order chi connectivity index (χ1) is 7.36. The van der Waals surface area contributed by atoms with Crippen LogP contribution in [0.1, 0.15) is 5.56 Å². The third kappa shape index (κ3) is 4.31. The van der Waals surface area contributed by atoms with Crippen LogP contribution in [0.2, 0.25) is 0 Å². The Bertz CT molecular complexity index is 328. The third-order valence-electron chi connectivity index (χ3n) is 1.96. The lowest BCUT2D eigenvalue weighted by molar-refractivity contribution is 0.953. The second-order valence-electron chi connectivity index (χ2n) is 3.02. The van der Waals surface area contributed by atoms with Gasteiger partial charge in [0.05, 0.1) is 0 Å². The molecule has 0 aliphatic rings. The molecule has 2 N–H and O–H groups in total. The molecule has 0 unspecified atom stereocenters. The van der Waals surface area contributed by atoms with Gasteiger partial charge in [0.1, 0.15) is 0 Å². The van der Waals surface area contributed by atoms with Crippen molar-refractivity contribution in [2.75, 3.05) is 20.6 Å². The summed E-state index contributed by atoms with van der Waals surface area (Å²) in [6.07, 6.45) is 4.15. The molecule has 0 fully saturated rings. The van der Waals surface area contributed by atoms with Crippen LogP contribution < -0.4 is 10.6 Å². The molecule has 0 aromatic heterocycles. The van der Waals surface area contributed by atoms with Crippen LogP contribution in [0.25, 0.3) is 6.08 Å².